The van der Waals surface area contributed by atoms with Gasteiger partial charge in [-0.1, -0.05) is 19.1 Å². The molecule has 6 nitrogen and oxygen atoms in total. The lowest BCUT2D eigenvalue weighted by Gasteiger charge is -2.24. The highest BCUT2D eigenvalue weighted by atomic mass is 16.6. The molecule has 3 atom stereocenters. The number of aromatic amines is 1. The van der Waals surface area contributed by atoms with Gasteiger partial charge in [-0.3, -0.25) is 9.59 Å². The maximum absolute atomic E-state index is 11.2. The molecule has 0 saturated carbocycles. The second-order valence-electron chi connectivity index (χ2n) is 6.41. The first-order chi connectivity index (χ1) is 11.3. The third-order valence-electron chi connectivity index (χ3n) is 4.66. The molecule has 0 aromatic carbocycles. The molecular formula is C18H23N3O3. The van der Waals surface area contributed by atoms with Crippen LogP contribution in [0.4, 0.5) is 0 Å². The van der Waals surface area contributed by atoms with Crippen LogP contribution in [-0.2, 0) is 20.7 Å². The van der Waals surface area contributed by atoms with Gasteiger partial charge in [-0.05, 0) is 33.6 Å². The zero-order valence-corrected chi connectivity index (χ0v) is 14.5. The van der Waals surface area contributed by atoms with Crippen LogP contribution in [0.15, 0.2) is 12.2 Å². The van der Waals surface area contributed by atoms with E-state index in [2.05, 4.69) is 20.8 Å². The van der Waals surface area contributed by atoms with Crippen molar-refractivity contribution >= 4 is 11.9 Å². The zero-order valence-electron chi connectivity index (χ0n) is 14.5. The molecule has 0 spiro atoms. The van der Waals surface area contributed by atoms with Crippen LogP contribution in [0.1, 0.15) is 56.7 Å². The molecule has 1 aromatic rings. The van der Waals surface area contributed by atoms with Crippen LogP contribution >= 0.6 is 0 Å². The topological polar surface area (TPSA) is 95.8 Å². The van der Waals surface area contributed by atoms with Crippen LogP contribution in [0.25, 0.3) is 0 Å². The number of H-pyrrole nitrogens is 1. The number of rotatable bonds is 2. The highest BCUT2D eigenvalue weighted by molar-refractivity contribution is 6.00. The summed E-state index contributed by atoms with van der Waals surface area (Å²) in [6, 6.07) is 2.19. The summed E-state index contributed by atoms with van der Waals surface area (Å²) in [6.45, 7) is 7.61. The van der Waals surface area contributed by atoms with Gasteiger partial charge in [0.2, 0.25) is 0 Å². The molecule has 6 heteroatoms. The van der Waals surface area contributed by atoms with Crippen molar-refractivity contribution in [2.75, 3.05) is 0 Å². The molecule has 1 aliphatic heterocycles. The summed E-state index contributed by atoms with van der Waals surface area (Å²) < 4.78 is 4.58. The Morgan fingerprint density at radius 3 is 2.79 bits per heavy atom. The number of allylic oxidation sites excluding steroid dienone is 1. The Morgan fingerprint density at radius 1 is 1.54 bits per heavy atom. The zero-order chi connectivity index (χ0) is 17.9. The molecule has 3 unspecified atom stereocenters. The maximum Gasteiger partial charge on any atom is 0.324 e. The second-order valence-corrected chi connectivity index (χ2v) is 6.41. The van der Waals surface area contributed by atoms with E-state index in [0.29, 0.717) is 0 Å². The number of esters is 2. The first-order valence-corrected chi connectivity index (χ1v) is 8.22. The van der Waals surface area contributed by atoms with E-state index in [1.54, 1.807) is 13.0 Å². The number of aromatic nitrogens is 2. The number of carbonyl (C=O) groups excluding carboxylic acids is 2. The van der Waals surface area contributed by atoms with Gasteiger partial charge in [0.15, 0.2) is 0 Å². The van der Waals surface area contributed by atoms with Crippen LogP contribution < -0.4 is 0 Å². The molecule has 0 amide bonds. The lowest BCUT2D eigenvalue weighted by molar-refractivity contribution is -0.154. The van der Waals surface area contributed by atoms with E-state index >= 15 is 0 Å². The van der Waals surface area contributed by atoms with Crippen molar-refractivity contribution in [2.45, 2.75) is 52.9 Å². The third-order valence-corrected chi connectivity index (χ3v) is 4.66. The molecule has 1 aromatic heterocycles. The number of cyclic esters (lactones) is 2. The Kier molecular flexibility index (Phi) is 5.23. The first-order valence-electron chi connectivity index (χ1n) is 8.22. The van der Waals surface area contributed by atoms with E-state index < -0.39 is 11.4 Å². The van der Waals surface area contributed by atoms with Gasteiger partial charge in [-0.25, -0.2) is 4.98 Å². The minimum absolute atomic E-state index is 0.0854. The molecule has 1 N–H and O–H groups in total. The van der Waals surface area contributed by atoms with Crippen molar-refractivity contribution in [2.24, 2.45) is 11.3 Å². The van der Waals surface area contributed by atoms with Crippen LogP contribution in [0.2, 0.25) is 0 Å². The van der Waals surface area contributed by atoms with Crippen molar-refractivity contribution in [1.82, 2.24) is 9.97 Å². The molecule has 3 rings (SSSR count). The number of imidazole rings is 1. The summed E-state index contributed by atoms with van der Waals surface area (Å²) in [5, 5.41) is 8.70. The first kappa shape index (κ1) is 17.9. The lowest BCUT2D eigenvalue weighted by atomic mass is 9.73. The second kappa shape index (κ2) is 7.00. The number of nitrogens with zero attached hydrogens (tertiary/aromatic N) is 2. The largest absolute Gasteiger partial charge is 0.392 e. The number of nitrogens with one attached hydrogen (secondary N) is 1. The minimum Gasteiger partial charge on any atom is -0.392 e. The Hall–Kier alpha value is -2.42. The van der Waals surface area contributed by atoms with Crippen LogP contribution in [0.5, 0.6) is 0 Å². The fourth-order valence-corrected chi connectivity index (χ4v) is 3.04. The van der Waals surface area contributed by atoms with Crippen molar-refractivity contribution in [3.8, 4) is 6.07 Å². The monoisotopic (exact) mass is 329 g/mol. The van der Waals surface area contributed by atoms with E-state index in [1.807, 2.05) is 26.8 Å². The van der Waals surface area contributed by atoms with E-state index in [9.17, 15) is 9.59 Å². The van der Waals surface area contributed by atoms with Gasteiger partial charge >= 0.3 is 11.9 Å². The van der Waals surface area contributed by atoms with Crippen molar-refractivity contribution in [3.05, 3.63) is 29.4 Å². The molecular weight excluding hydrogens is 306 g/mol. The maximum atomic E-state index is 11.2. The molecule has 128 valence electrons. The Balaban J connectivity index is 0.000000174. The van der Waals surface area contributed by atoms with Gasteiger partial charge < -0.3 is 9.72 Å². The number of fused-ring (bicyclic) bond motifs is 1. The molecule has 1 fully saturated rings. The molecule has 2 aliphatic rings. The predicted octanol–water partition coefficient (Wildman–Crippen LogP) is 2.95. The number of aryl methyl sites for hydroxylation is 2. The third kappa shape index (κ3) is 3.25. The number of carbonyl (C=O) groups is 2. The Morgan fingerprint density at radius 2 is 2.25 bits per heavy atom. The molecule has 0 radical (unpaired) electrons. The minimum atomic E-state index is -0.671. The molecule has 24 heavy (non-hydrogen) atoms. The fourth-order valence-electron chi connectivity index (χ4n) is 3.04. The average Bonchev–Trinajstić information content (AvgIpc) is 3.05. The molecule has 2 heterocycles. The SMILES string of the molecule is CC12C=CCCC1C(=O)OC2=O.CCc1nc(C)c(C(C)C#N)[nH]1. The van der Waals surface area contributed by atoms with Gasteiger partial charge in [-0.2, -0.15) is 5.26 Å². The highest BCUT2D eigenvalue weighted by Gasteiger charge is 2.53. The van der Waals surface area contributed by atoms with Crippen molar-refractivity contribution in [1.29, 1.82) is 5.26 Å². The average molecular weight is 329 g/mol. The van der Waals surface area contributed by atoms with E-state index in [1.165, 1.54) is 0 Å². The number of hydrogen-bond donors (Lipinski definition) is 1. The lowest BCUT2D eigenvalue weighted by Crippen LogP contribution is -2.30. The van der Waals surface area contributed by atoms with Gasteiger partial charge in [0, 0.05) is 6.42 Å². The molecule has 0 bridgehead atoms. The summed E-state index contributed by atoms with van der Waals surface area (Å²) in [5.41, 5.74) is 1.23. The molecule has 1 aliphatic carbocycles. The summed E-state index contributed by atoms with van der Waals surface area (Å²) in [4.78, 5) is 29.8. The number of nitriles is 1. The van der Waals surface area contributed by atoms with E-state index in [0.717, 1.165) is 36.5 Å². The predicted molar refractivity (Wildman–Crippen MR) is 87.8 cm³/mol. The van der Waals surface area contributed by atoms with Crippen LogP contribution in [0.3, 0.4) is 0 Å². The standard InChI is InChI=1S/C9H13N3.C9H10O3/c1-4-8-11-7(3)9(12-8)6(2)5-10;1-9-5-3-2-4-6(9)7(10)12-8(9)11/h6H,4H2,1-3H3,(H,11,12);3,5-6H,2,4H2,1H3. The van der Waals surface area contributed by atoms with Gasteiger partial charge in [0.05, 0.1) is 34.7 Å². The normalized spacial score (nSPS) is 26.0. The van der Waals surface area contributed by atoms with Crippen molar-refractivity contribution < 1.29 is 14.3 Å². The Labute approximate surface area is 141 Å². The van der Waals surface area contributed by atoms with Crippen molar-refractivity contribution in [3.63, 3.8) is 0 Å². The van der Waals surface area contributed by atoms with Gasteiger partial charge in [0.25, 0.3) is 0 Å². The molecule has 1 saturated heterocycles. The summed E-state index contributed by atoms with van der Waals surface area (Å²) >= 11 is 0. The van der Waals surface area contributed by atoms with Gasteiger partial charge in [-0.15, -0.1) is 0 Å². The fraction of sp³-hybridized carbons (Fsp3) is 0.556. The quantitative estimate of drug-likeness (QED) is 0.511. The van der Waals surface area contributed by atoms with Crippen LogP contribution in [0, 0.1) is 29.6 Å². The van der Waals surface area contributed by atoms with E-state index in [4.69, 9.17) is 5.26 Å². The highest BCUT2D eigenvalue weighted by Crippen LogP contribution is 2.43. The summed E-state index contributed by atoms with van der Waals surface area (Å²) in [6.07, 6.45) is 6.23. The number of hydrogen-bond acceptors (Lipinski definition) is 5. The van der Waals surface area contributed by atoms with Crippen LogP contribution in [-0.4, -0.2) is 21.9 Å². The number of ether oxygens (including phenoxy) is 1. The Bertz CT molecular complexity index is 714. The summed E-state index contributed by atoms with van der Waals surface area (Å²) in [7, 11) is 0. The van der Waals surface area contributed by atoms with Gasteiger partial charge in [0.1, 0.15) is 5.82 Å². The van der Waals surface area contributed by atoms with E-state index in [-0.39, 0.29) is 17.8 Å². The smallest absolute Gasteiger partial charge is 0.324 e. The summed E-state index contributed by atoms with van der Waals surface area (Å²) in [5.74, 6) is -0.113.